The van der Waals surface area contributed by atoms with E-state index in [0.717, 1.165) is 16.5 Å². The normalized spacial score (nSPS) is 10.5. The number of fused-ring (bicyclic) bond motifs is 1. The summed E-state index contributed by atoms with van der Waals surface area (Å²) in [6.07, 6.45) is 5.09. The van der Waals surface area contributed by atoms with Crippen LogP contribution in [0.4, 0.5) is 0 Å². The molecule has 0 aliphatic rings. The first-order chi connectivity index (χ1) is 9.34. The lowest BCUT2D eigenvalue weighted by molar-refractivity contribution is 0.0952. The second-order valence-electron chi connectivity index (χ2n) is 4.16. The van der Waals surface area contributed by atoms with Gasteiger partial charge in [-0.2, -0.15) is 5.10 Å². The quantitative estimate of drug-likeness (QED) is 0.747. The van der Waals surface area contributed by atoms with Gasteiger partial charge in [-0.15, -0.1) is 0 Å². The Labute approximate surface area is 109 Å². The van der Waals surface area contributed by atoms with Crippen LogP contribution in [0.25, 0.3) is 10.9 Å². The summed E-state index contributed by atoms with van der Waals surface area (Å²) < 4.78 is 0. The average molecular weight is 252 g/mol. The van der Waals surface area contributed by atoms with Gasteiger partial charge in [-0.25, -0.2) is 0 Å². The minimum absolute atomic E-state index is 0.111. The van der Waals surface area contributed by atoms with Gasteiger partial charge < -0.3 is 5.32 Å². The van der Waals surface area contributed by atoms with Gasteiger partial charge in [0, 0.05) is 29.9 Å². The number of para-hydroxylation sites is 1. The largest absolute Gasteiger partial charge is 0.348 e. The zero-order valence-electron chi connectivity index (χ0n) is 10.1. The Bertz CT molecular complexity index is 701. The second kappa shape index (κ2) is 4.89. The standard InChI is InChI=1S/C14H12N4O/c19-14(16-7-10-8-17-18-9-10)12-5-6-15-13-4-2-1-3-11(12)13/h1-6,8-9H,7H2,(H,16,19)(H,17,18). The number of hydrogen-bond acceptors (Lipinski definition) is 3. The van der Waals surface area contributed by atoms with Gasteiger partial charge in [-0.1, -0.05) is 18.2 Å². The molecule has 0 aliphatic carbocycles. The van der Waals surface area contributed by atoms with Crippen LogP contribution >= 0.6 is 0 Å². The second-order valence-corrected chi connectivity index (χ2v) is 4.16. The van der Waals surface area contributed by atoms with Crippen molar-refractivity contribution in [3.63, 3.8) is 0 Å². The Morgan fingerprint density at radius 3 is 3.00 bits per heavy atom. The third kappa shape index (κ3) is 2.30. The van der Waals surface area contributed by atoms with E-state index in [1.165, 1.54) is 0 Å². The molecule has 0 saturated carbocycles. The van der Waals surface area contributed by atoms with Gasteiger partial charge in [0.1, 0.15) is 0 Å². The van der Waals surface area contributed by atoms with Crippen LogP contribution in [0.5, 0.6) is 0 Å². The Morgan fingerprint density at radius 2 is 2.16 bits per heavy atom. The number of amides is 1. The number of nitrogens with zero attached hydrogens (tertiary/aromatic N) is 2. The monoisotopic (exact) mass is 252 g/mol. The maximum absolute atomic E-state index is 12.2. The van der Waals surface area contributed by atoms with E-state index >= 15 is 0 Å². The number of carbonyl (C=O) groups excluding carboxylic acids is 1. The Balaban J connectivity index is 1.85. The number of pyridine rings is 1. The summed E-state index contributed by atoms with van der Waals surface area (Å²) in [5, 5.41) is 10.3. The summed E-state index contributed by atoms with van der Waals surface area (Å²) in [7, 11) is 0. The van der Waals surface area contributed by atoms with Gasteiger partial charge in [0.25, 0.3) is 5.91 Å². The molecule has 1 aromatic carbocycles. The van der Waals surface area contributed by atoms with E-state index in [1.807, 2.05) is 24.3 Å². The lowest BCUT2D eigenvalue weighted by Crippen LogP contribution is -2.22. The van der Waals surface area contributed by atoms with E-state index < -0.39 is 0 Å². The molecule has 94 valence electrons. The molecule has 2 heterocycles. The summed E-state index contributed by atoms with van der Waals surface area (Å²) in [6.45, 7) is 0.450. The van der Waals surface area contributed by atoms with Gasteiger partial charge in [-0.05, 0) is 12.1 Å². The van der Waals surface area contributed by atoms with Crippen LogP contribution in [0.15, 0.2) is 48.9 Å². The van der Waals surface area contributed by atoms with Crippen LogP contribution in [0.3, 0.4) is 0 Å². The van der Waals surface area contributed by atoms with Crippen molar-refractivity contribution in [1.82, 2.24) is 20.5 Å². The van der Waals surface area contributed by atoms with E-state index in [4.69, 9.17) is 0 Å². The van der Waals surface area contributed by atoms with E-state index in [1.54, 1.807) is 24.7 Å². The number of rotatable bonds is 3. The first-order valence-corrected chi connectivity index (χ1v) is 5.94. The van der Waals surface area contributed by atoms with E-state index in [-0.39, 0.29) is 5.91 Å². The van der Waals surface area contributed by atoms with Crippen LogP contribution in [0, 0.1) is 0 Å². The molecule has 5 heteroatoms. The van der Waals surface area contributed by atoms with Crippen molar-refractivity contribution in [1.29, 1.82) is 0 Å². The SMILES string of the molecule is O=C(NCc1cn[nH]c1)c1ccnc2ccccc12. The molecule has 0 unspecified atom stereocenters. The number of aromatic amines is 1. The van der Waals surface area contributed by atoms with Gasteiger partial charge in [0.15, 0.2) is 0 Å². The fraction of sp³-hybridized carbons (Fsp3) is 0.0714. The minimum Gasteiger partial charge on any atom is -0.348 e. The van der Waals surface area contributed by atoms with Crippen molar-refractivity contribution in [2.75, 3.05) is 0 Å². The zero-order valence-corrected chi connectivity index (χ0v) is 10.1. The van der Waals surface area contributed by atoms with Crippen molar-refractivity contribution in [3.8, 4) is 0 Å². The molecule has 0 aliphatic heterocycles. The highest BCUT2D eigenvalue weighted by atomic mass is 16.1. The average Bonchev–Trinajstić information content (AvgIpc) is 2.97. The molecule has 5 nitrogen and oxygen atoms in total. The third-order valence-electron chi connectivity index (χ3n) is 2.90. The molecule has 2 N–H and O–H groups in total. The molecule has 2 aromatic heterocycles. The maximum Gasteiger partial charge on any atom is 0.252 e. The Hall–Kier alpha value is -2.69. The predicted octanol–water partition coefficient (Wildman–Crippen LogP) is 1.89. The van der Waals surface area contributed by atoms with E-state index in [0.29, 0.717) is 12.1 Å². The van der Waals surface area contributed by atoms with Crippen molar-refractivity contribution >= 4 is 16.8 Å². The van der Waals surface area contributed by atoms with Crippen LogP contribution in [0.1, 0.15) is 15.9 Å². The van der Waals surface area contributed by atoms with Crippen molar-refractivity contribution in [3.05, 3.63) is 60.0 Å². The zero-order chi connectivity index (χ0) is 13.1. The van der Waals surface area contributed by atoms with Crippen molar-refractivity contribution in [2.24, 2.45) is 0 Å². The van der Waals surface area contributed by atoms with Gasteiger partial charge in [0.2, 0.25) is 0 Å². The van der Waals surface area contributed by atoms with Crippen LogP contribution < -0.4 is 5.32 Å². The minimum atomic E-state index is -0.111. The van der Waals surface area contributed by atoms with Crippen molar-refractivity contribution in [2.45, 2.75) is 6.54 Å². The van der Waals surface area contributed by atoms with E-state index in [9.17, 15) is 4.79 Å². The topological polar surface area (TPSA) is 70.7 Å². The lowest BCUT2D eigenvalue weighted by Gasteiger charge is -2.06. The molecule has 3 aromatic rings. The van der Waals surface area contributed by atoms with Gasteiger partial charge in [0.05, 0.1) is 17.3 Å². The lowest BCUT2D eigenvalue weighted by atomic mass is 10.1. The summed E-state index contributed by atoms with van der Waals surface area (Å²) in [6, 6.07) is 9.32. The summed E-state index contributed by atoms with van der Waals surface area (Å²) in [5.41, 5.74) is 2.39. The fourth-order valence-electron chi connectivity index (χ4n) is 1.95. The fourth-order valence-corrected chi connectivity index (χ4v) is 1.95. The molecule has 0 fully saturated rings. The number of hydrogen-bond donors (Lipinski definition) is 2. The maximum atomic E-state index is 12.2. The van der Waals surface area contributed by atoms with Crippen LogP contribution in [-0.4, -0.2) is 21.1 Å². The summed E-state index contributed by atoms with van der Waals surface area (Å²) in [5.74, 6) is -0.111. The molecule has 0 bridgehead atoms. The number of carbonyl (C=O) groups is 1. The predicted molar refractivity (Wildman–Crippen MR) is 71.5 cm³/mol. The number of nitrogens with one attached hydrogen (secondary N) is 2. The molecule has 0 spiro atoms. The number of benzene rings is 1. The highest BCUT2D eigenvalue weighted by Gasteiger charge is 2.09. The molecule has 0 radical (unpaired) electrons. The summed E-state index contributed by atoms with van der Waals surface area (Å²) in [4.78, 5) is 16.4. The van der Waals surface area contributed by atoms with Crippen molar-refractivity contribution < 1.29 is 4.79 Å². The molecule has 0 saturated heterocycles. The third-order valence-corrected chi connectivity index (χ3v) is 2.90. The highest BCUT2D eigenvalue weighted by molar-refractivity contribution is 6.05. The van der Waals surface area contributed by atoms with Crippen LogP contribution in [-0.2, 0) is 6.54 Å². The molecular weight excluding hydrogens is 240 g/mol. The molecule has 1 amide bonds. The molecule has 0 atom stereocenters. The smallest absolute Gasteiger partial charge is 0.252 e. The first kappa shape index (κ1) is 11.4. The van der Waals surface area contributed by atoms with Gasteiger partial charge >= 0.3 is 0 Å². The number of H-pyrrole nitrogens is 1. The number of aromatic nitrogens is 3. The van der Waals surface area contributed by atoms with Gasteiger partial charge in [-0.3, -0.25) is 14.9 Å². The molecular formula is C14H12N4O. The molecule has 3 rings (SSSR count). The van der Waals surface area contributed by atoms with E-state index in [2.05, 4.69) is 20.5 Å². The summed E-state index contributed by atoms with van der Waals surface area (Å²) >= 11 is 0. The Kier molecular flexibility index (Phi) is 2.94. The Morgan fingerprint density at radius 1 is 1.26 bits per heavy atom. The van der Waals surface area contributed by atoms with Crippen LogP contribution in [0.2, 0.25) is 0 Å². The highest BCUT2D eigenvalue weighted by Crippen LogP contribution is 2.15. The molecule has 19 heavy (non-hydrogen) atoms. The first-order valence-electron chi connectivity index (χ1n) is 5.94.